The van der Waals surface area contributed by atoms with E-state index in [1.807, 2.05) is 6.07 Å². The third-order valence-electron chi connectivity index (χ3n) is 3.73. The summed E-state index contributed by atoms with van der Waals surface area (Å²) in [5.41, 5.74) is 1.76. The summed E-state index contributed by atoms with van der Waals surface area (Å²) in [5.74, 6) is -0.747. The molecule has 0 aliphatic heterocycles. The van der Waals surface area contributed by atoms with Gasteiger partial charge >= 0.3 is 5.97 Å². The van der Waals surface area contributed by atoms with Gasteiger partial charge in [-0.1, -0.05) is 18.2 Å². The van der Waals surface area contributed by atoms with Gasteiger partial charge in [0.05, 0.1) is 0 Å². The van der Waals surface area contributed by atoms with Gasteiger partial charge in [0.25, 0.3) is 5.91 Å². The number of esters is 1. The zero-order valence-corrected chi connectivity index (χ0v) is 15.8. The van der Waals surface area contributed by atoms with Gasteiger partial charge in [-0.3, -0.25) is 14.4 Å². The third-order valence-corrected chi connectivity index (χ3v) is 3.73. The lowest BCUT2D eigenvalue weighted by Crippen LogP contribution is -2.23. The molecule has 0 aliphatic carbocycles. The van der Waals surface area contributed by atoms with E-state index in [9.17, 15) is 19.2 Å². The Balaban J connectivity index is 1.93. The van der Waals surface area contributed by atoms with Gasteiger partial charge in [0.15, 0.2) is 0 Å². The standard InChI is InChI=1S/C21H22N2O5/c1-14(24)9-10-20(26)23-18-7-3-5-16(11-18)13-22-21(27)17-6-4-8-19(12-17)28-15(2)25/h3-8,11-12H,9-10,13H2,1-2H3,(H,22,27)(H,23,26). The molecule has 0 heterocycles. The second kappa shape index (κ2) is 10.0. The molecule has 2 aromatic carbocycles. The number of rotatable bonds is 8. The summed E-state index contributed by atoms with van der Waals surface area (Å²) in [6.45, 7) is 2.99. The topological polar surface area (TPSA) is 102 Å². The van der Waals surface area contributed by atoms with E-state index in [1.165, 1.54) is 19.9 Å². The molecule has 7 nitrogen and oxygen atoms in total. The summed E-state index contributed by atoms with van der Waals surface area (Å²) in [6, 6.07) is 13.4. The van der Waals surface area contributed by atoms with E-state index in [0.717, 1.165) is 5.56 Å². The van der Waals surface area contributed by atoms with E-state index in [2.05, 4.69) is 10.6 Å². The Hall–Kier alpha value is -3.48. The van der Waals surface area contributed by atoms with Gasteiger partial charge in [-0.05, 0) is 42.8 Å². The van der Waals surface area contributed by atoms with Crippen LogP contribution in [0.3, 0.4) is 0 Å². The van der Waals surface area contributed by atoms with E-state index in [0.29, 0.717) is 17.0 Å². The summed E-state index contributed by atoms with van der Waals surface area (Å²) in [4.78, 5) is 46.1. The fourth-order valence-electron chi connectivity index (χ4n) is 2.42. The first-order valence-electron chi connectivity index (χ1n) is 8.78. The Kier molecular flexibility index (Phi) is 7.45. The predicted octanol–water partition coefficient (Wildman–Crippen LogP) is 2.85. The number of hydrogen-bond acceptors (Lipinski definition) is 5. The normalized spacial score (nSPS) is 10.1. The summed E-state index contributed by atoms with van der Waals surface area (Å²) < 4.78 is 4.97. The lowest BCUT2D eigenvalue weighted by molar-refractivity contribution is -0.131. The molecule has 0 aromatic heterocycles. The summed E-state index contributed by atoms with van der Waals surface area (Å²) >= 11 is 0. The van der Waals surface area contributed by atoms with Crippen LogP contribution in [0.5, 0.6) is 5.75 Å². The maximum atomic E-state index is 12.3. The van der Waals surface area contributed by atoms with Crippen LogP contribution < -0.4 is 15.4 Å². The molecule has 2 amide bonds. The molecule has 0 fully saturated rings. The molecule has 0 bridgehead atoms. The smallest absolute Gasteiger partial charge is 0.308 e. The first-order valence-corrected chi connectivity index (χ1v) is 8.78. The Morgan fingerprint density at radius 1 is 0.929 bits per heavy atom. The van der Waals surface area contributed by atoms with Crippen LogP contribution in [0, 0.1) is 0 Å². The lowest BCUT2D eigenvalue weighted by Gasteiger charge is -2.09. The SMILES string of the molecule is CC(=O)CCC(=O)Nc1cccc(CNC(=O)c2cccc(OC(C)=O)c2)c1. The fourth-order valence-corrected chi connectivity index (χ4v) is 2.42. The first-order chi connectivity index (χ1) is 13.3. The van der Waals surface area contributed by atoms with Gasteiger partial charge in [0.1, 0.15) is 11.5 Å². The van der Waals surface area contributed by atoms with Crippen LogP contribution in [0.1, 0.15) is 42.6 Å². The highest BCUT2D eigenvalue weighted by atomic mass is 16.5. The average Bonchev–Trinajstić information content (AvgIpc) is 2.64. The van der Waals surface area contributed by atoms with Crippen molar-refractivity contribution in [1.82, 2.24) is 5.32 Å². The van der Waals surface area contributed by atoms with Crippen LogP contribution in [0.4, 0.5) is 5.69 Å². The van der Waals surface area contributed by atoms with E-state index >= 15 is 0 Å². The molecule has 0 spiro atoms. The van der Waals surface area contributed by atoms with Gasteiger partial charge in [-0.15, -0.1) is 0 Å². The number of carbonyl (C=O) groups is 4. The average molecular weight is 382 g/mol. The summed E-state index contributed by atoms with van der Waals surface area (Å²) in [5, 5.41) is 5.51. The molecular formula is C21H22N2O5. The number of benzene rings is 2. The molecular weight excluding hydrogens is 360 g/mol. The maximum absolute atomic E-state index is 12.3. The highest BCUT2D eigenvalue weighted by Gasteiger charge is 2.09. The van der Waals surface area contributed by atoms with Crippen molar-refractivity contribution in [2.24, 2.45) is 0 Å². The number of nitrogens with one attached hydrogen (secondary N) is 2. The lowest BCUT2D eigenvalue weighted by atomic mass is 10.1. The van der Waals surface area contributed by atoms with E-state index in [4.69, 9.17) is 4.74 Å². The van der Waals surface area contributed by atoms with Gasteiger partial charge in [0, 0.05) is 37.6 Å². The van der Waals surface area contributed by atoms with Crippen molar-refractivity contribution in [3.05, 3.63) is 59.7 Å². The number of Topliss-reactive ketones (excluding diaryl/α,β-unsaturated/α-hetero) is 1. The molecule has 146 valence electrons. The van der Waals surface area contributed by atoms with Crippen molar-refractivity contribution in [2.45, 2.75) is 33.2 Å². The van der Waals surface area contributed by atoms with E-state index < -0.39 is 5.97 Å². The minimum atomic E-state index is -0.459. The minimum Gasteiger partial charge on any atom is -0.427 e. The Morgan fingerprint density at radius 2 is 1.68 bits per heavy atom. The second-order valence-corrected chi connectivity index (χ2v) is 6.25. The Morgan fingerprint density at radius 3 is 2.39 bits per heavy atom. The molecule has 7 heteroatoms. The fraction of sp³-hybridized carbons (Fsp3) is 0.238. The monoisotopic (exact) mass is 382 g/mol. The molecule has 2 N–H and O–H groups in total. The number of carbonyl (C=O) groups excluding carboxylic acids is 4. The number of hydrogen-bond donors (Lipinski definition) is 2. The van der Waals surface area contributed by atoms with Gasteiger partial charge < -0.3 is 20.2 Å². The van der Waals surface area contributed by atoms with Crippen molar-refractivity contribution in [1.29, 1.82) is 0 Å². The van der Waals surface area contributed by atoms with E-state index in [-0.39, 0.29) is 37.0 Å². The molecule has 0 saturated carbocycles. The number of ketones is 1. The Bertz CT molecular complexity index is 892. The van der Waals surface area contributed by atoms with Crippen molar-refractivity contribution >= 4 is 29.3 Å². The van der Waals surface area contributed by atoms with Gasteiger partial charge in [0.2, 0.25) is 5.91 Å². The van der Waals surface area contributed by atoms with Crippen molar-refractivity contribution in [2.75, 3.05) is 5.32 Å². The number of anilines is 1. The highest BCUT2D eigenvalue weighted by Crippen LogP contribution is 2.15. The quantitative estimate of drug-likeness (QED) is 0.540. The zero-order chi connectivity index (χ0) is 20.5. The molecule has 0 atom stereocenters. The van der Waals surface area contributed by atoms with Crippen molar-refractivity contribution < 1.29 is 23.9 Å². The molecule has 2 aromatic rings. The van der Waals surface area contributed by atoms with Crippen LogP contribution >= 0.6 is 0 Å². The molecule has 28 heavy (non-hydrogen) atoms. The third kappa shape index (κ3) is 7.03. The molecule has 0 unspecified atom stereocenters. The van der Waals surface area contributed by atoms with Gasteiger partial charge in [-0.2, -0.15) is 0 Å². The maximum Gasteiger partial charge on any atom is 0.308 e. The minimum absolute atomic E-state index is 0.0376. The van der Waals surface area contributed by atoms with Crippen LogP contribution in [0.15, 0.2) is 48.5 Å². The molecule has 0 aliphatic rings. The second-order valence-electron chi connectivity index (χ2n) is 6.25. The van der Waals surface area contributed by atoms with Crippen molar-refractivity contribution in [3.8, 4) is 5.75 Å². The van der Waals surface area contributed by atoms with Crippen LogP contribution in [0.2, 0.25) is 0 Å². The zero-order valence-electron chi connectivity index (χ0n) is 15.8. The number of ether oxygens (including phenoxy) is 1. The van der Waals surface area contributed by atoms with Crippen LogP contribution in [-0.4, -0.2) is 23.6 Å². The number of amides is 2. The van der Waals surface area contributed by atoms with Crippen LogP contribution in [-0.2, 0) is 20.9 Å². The predicted molar refractivity (Wildman–Crippen MR) is 104 cm³/mol. The summed E-state index contributed by atoms with van der Waals surface area (Å²) in [7, 11) is 0. The Labute approximate surface area is 163 Å². The highest BCUT2D eigenvalue weighted by molar-refractivity contribution is 5.95. The van der Waals surface area contributed by atoms with Crippen molar-refractivity contribution in [3.63, 3.8) is 0 Å². The van der Waals surface area contributed by atoms with Gasteiger partial charge in [-0.25, -0.2) is 0 Å². The summed E-state index contributed by atoms with van der Waals surface area (Å²) in [6.07, 6.45) is 0.336. The molecule has 0 saturated heterocycles. The molecule has 2 rings (SSSR count). The van der Waals surface area contributed by atoms with Crippen LogP contribution in [0.25, 0.3) is 0 Å². The largest absolute Gasteiger partial charge is 0.427 e. The van der Waals surface area contributed by atoms with E-state index in [1.54, 1.807) is 36.4 Å². The first kappa shape index (κ1) is 20.8. The molecule has 0 radical (unpaired) electrons.